The van der Waals surface area contributed by atoms with E-state index >= 15 is 0 Å². The maximum absolute atomic E-state index is 11.8. The molecule has 0 unspecified atom stereocenters. The fourth-order valence-electron chi connectivity index (χ4n) is 3.33. The standard InChI is InChI=1S/C20H23NO9/c1-11(22)26-17-15(9-21-30-13(3)24)28-16-10-25-20(14-7-5-4-6-8-14)29-18(16)19(17)27-12(2)23/h4-9,15-20H,10H2,1-3H3/b21-9+/t15-,16+,17-,18+,19+,20+/m0/s1. The number of rotatable bonds is 5. The quantitative estimate of drug-likeness (QED) is 0.300. The highest BCUT2D eigenvalue weighted by Gasteiger charge is 2.53. The fraction of sp³-hybridized carbons (Fsp3) is 0.500. The lowest BCUT2D eigenvalue weighted by Crippen LogP contribution is -2.64. The number of oxime groups is 1. The van der Waals surface area contributed by atoms with Crippen LogP contribution >= 0.6 is 0 Å². The lowest BCUT2D eigenvalue weighted by Gasteiger charge is -2.47. The van der Waals surface area contributed by atoms with Gasteiger partial charge in [0.05, 0.1) is 12.8 Å². The van der Waals surface area contributed by atoms with Crippen molar-refractivity contribution in [2.75, 3.05) is 6.61 Å². The Balaban J connectivity index is 1.87. The average molecular weight is 421 g/mol. The van der Waals surface area contributed by atoms with Crippen molar-refractivity contribution >= 4 is 24.1 Å². The zero-order chi connectivity index (χ0) is 21.7. The molecule has 0 aliphatic carbocycles. The molecule has 2 saturated heterocycles. The number of esters is 2. The Labute approximate surface area is 173 Å². The Morgan fingerprint density at radius 2 is 1.63 bits per heavy atom. The van der Waals surface area contributed by atoms with Crippen molar-refractivity contribution in [1.29, 1.82) is 0 Å². The van der Waals surface area contributed by atoms with E-state index in [0.717, 1.165) is 5.56 Å². The number of hydrogen-bond acceptors (Lipinski definition) is 10. The van der Waals surface area contributed by atoms with Crippen LogP contribution in [0.4, 0.5) is 0 Å². The molecule has 162 valence electrons. The van der Waals surface area contributed by atoms with E-state index in [1.54, 1.807) is 0 Å². The topological polar surface area (TPSA) is 119 Å². The van der Waals surface area contributed by atoms with Crippen molar-refractivity contribution < 1.29 is 42.9 Å². The van der Waals surface area contributed by atoms with Gasteiger partial charge in [-0.3, -0.25) is 9.59 Å². The number of hydrogen-bond donors (Lipinski definition) is 0. The minimum Gasteiger partial charge on any atom is -0.456 e. The molecule has 2 fully saturated rings. The second-order valence-electron chi connectivity index (χ2n) is 6.80. The highest BCUT2D eigenvalue weighted by Crippen LogP contribution is 2.36. The lowest BCUT2D eigenvalue weighted by atomic mass is 9.94. The van der Waals surface area contributed by atoms with Crippen molar-refractivity contribution in [1.82, 2.24) is 0 Å². The molecule has 0 radical (unpaired) electrons. The molecular weight excluding hydrogens is 398 g/mol. The first-order chi connectivity index (χ1) is 14.3. The monoisotopic (exact) mass is 421 g/mol. The molecule has 0 saturated carbocycles. The van der Waals surface area contributed by atoms with E-state index in [1.807, 2.05) is 30.3 Å². The molecule has 0 N–H and O–H groups in total. The SMILES string of the molecule is CC(=O)O/N=C/[C@@H]1O[C@@H]2CO[C@@H](c3ccccc3)O[C@H]2[C@H](OC(C)=O)[C@H]1OC(C)=O. The van der Waals surface area contributed by atoms with Crippen LogP contribution in [0.1, 0.15) is 32.6 Å². The minimum atomic E-state index is -1.07. The highest BCUT2D eigenvalue weighted by atomic mass is 16.7. The summed E-state index contributed by atoms with van der Waals surface area (Å²) in [4.78, 5) is 39.0. The first-order valence-electron chi connectivity index (χ1n) is 9.38. The third kappa shape index (κ3) is 5.41. The van der Waals surface area contributed by atoms with Gasteiger partial charge >= 0.3 is 17.9 Å². The van der Waals surface area contributed by atoms with Crippen molar-refractivity contribution in [3.8, 4) is 0 Å². The lowest BCUT2D eigenvalue weighted by molar-refractivity contribution is -0.322. The average Bonchev–Trinajstić information content (AvgIpc) is 2.70. The third-order valence-electron chi connectivity index (χ3n) is 4.43. The highest BCUT2D eigenvalue weighted by molar-refractivity contribution is 5.71. The van der Waals surface area contributed by atoms with E-state index in [9.17, 15) is 14.4 Å². The van der Waals surface area contributed by atoms with Crippen LogP contribution in [0.3, 0.4) is 0 Å². The largest absolute Gasteiger partial charge is 0.456 e. The molecule has 10 heteroatoms. The Hall–Kier alpha value is -2.82. The Morgan fingerprint density at radius 1 is 0.967 bits per heavy atom. The van der Waals surface area contributed by atoms with Gasteiger partial charge in [0.15, 0.2) is 18.5 Å². The van der Waals surface area contributed by atoms with Crippen molar-refractivity contribution in [3.63, 3.8) is 0 Å². The first kappa shape index (κ1) is 21.9. The van der Waals surface area contributed by atoms with Gasteiger partial charge in [-0.15, -0.1) is 0 Å². The summed E-state index contributed by atoms with van der Waals surface area (Å²) in [7, 11) is 0. The Kier molecular flexibility index (Phi) is 7.14. The van der Waals surface area contributed by atoms with Crippen LogP contribution in [-0.4, -0.2) is 61.2 Å². The summed E-state index contributed by atoms with van der Waals surface area (Å²) in [5.74, 6) is -1.83. The van der Waals surface area contributed by atoms with Gasteiger partial charge in [0.25, 0.3) is 0 Å². The summed E-state index contributed by atoms with van der Waals surface area (Å²) in [6.07, 6.45) is -3.97. The molecule has 0 amide bonds. The predicted octanol–water partition coefficient (Wildman–Crippen LogP) is 1.28. The summed E-state index contributed by atoms with van der Waals surface area (Å²) in [6, 6.07) is 9.24. The van der Waals surface area contributed by atoms with Crippen LogP contribution in [0, 0.1) is 0 Å². The van der Waals surface area contributed by atoms with E-state index in [-0.39, 0.29) is 6.61 Å². The summed E-state index contributed by atoms with van der Waals surface area (Å²) < 4.78 is 28.6. The van der Waals surface area contributed by atoms with Crippen LogP contribution < -0.4 is 0 Å². The number of fused-ring (bicyclic) bond motifs is 1. The predicted molar refractivity (Wildman–Crippen MR) is 100 cm³/mol. The van der Waals surface area contributed by atoms with Gasteiger partial charge in [-0.2, -0.15) is 0 Å². The van der Waals surface area contributed by atoms with Gasteiger partial charge < -0.3 is 28.5 Å². The number of ether oxygens (including phenoxy) is 5. The molecule has 0 bridgehead atoms. The molecule has 1 aromatic rings. The molecule has 0 aromatic heterocycles. The summed E-state index contributed by atoms with van der Waals surface area (Å²) in [5.41, 5.74) is 0.778. The smallest absolute Gasteiger partial charge is 0.331 e. The normalized spacial score (nSPS) is 30.9. The first-order valence-corrected chi connectivity index (χ1v) is 9.38. The maximum Gasteiger partial charge on any atom is 0.331 e. The van der Waals surface area contributed by atoms with Gasteiger partial charge in [0, 0.05) is 26.3 Å². The van der Waals surface area contributed by atoms with E-state index in [0.29, 0.717) is 0 Å². The summed E-state index contributed by atoms with van der Waals surface area (Å²) >= 11 is 0. The maximum atomic E-state index is 11.8. The minimum absolute atomic E-state index is 0.132. The van der Waals surface area contributed by atoms with Crippen LogP contribution in [0.5, 0.6) is 0 Å². The van der Waals surface area contributed by atoms with Gasteiger partial charge in [-0.1, -0.05) is 35.5 Å². The molecule has 6 atom stereocenters. The zero-order valence-corrected chi connectivity index (χ0v) is 16.8. The Morgan fingerprint density at radius 3 is 2.27 bits per heavy atom. The number of nitrogens with zero attached hydrogens (tertiary/aromatic N) is 1. The van der Waals surface area contributed by atoms with Gasteiger partial charge in [-0.25, -0.2) is 4.79 Å². The van der Waals surface area contributed by atoms with Gasteiger partial charge in [0.2, 0.25) is 0 Å². The van der Waals surface area contributed by atoms with Crippen LogP contribution in [0.2, 0.25) is 0 Å². The van der Waals surface area contributed by atoms with Crippen molar-refractivity contribution in [2.45, 2.75) is 57.6 Å². The molecule has 0 spiro atoms. The van der Waals surface area contributed by atoms with Gasteiger partial charge in [-0.05, 0) is 0 Å². The van der Waals surface area contributed by atoms with E-state index in [4.69, 9.17) is 23.7 Å². The Bertz CT molecular complexity index is 797. The molecule has 3 rings (SSSR count). The van der Waals surface area contributed by atoms with Crippen molar-refractivity contribution in [2.24, 2.45) is 5.16 Å². The molecule has 2 aliphatic rings. The molecule has 30 heavy (non-hydrogen) atoms. The molecule has 2 heterocycles. The third-order valence-corrected chi connectivity index (χ3v) is 4.43. The van der Waals surface area contributed by atoms with E-state index in [2.05, 4.69) is 9.99 Å². The molecular formula is C20H23NO9. The van der Waals surface area contributed by atoms with E-state index in [1.165, 1.54) is 27.0 Å². The number of carbonyl (C=O) groups excluding carboxylic acids is 3. The van der Waals surface area contributed by atoms with Crippen LogP contribution in [-0.2, 0) is 42.9 Å². The molecule has 1 aromatic carbocycles. The van der Waals surface area contributed by atoms with Crippen LogP contribution in [0.25, 0.3) is 0 Å². The zero-order valence-electron chi connectivity index (χ0n) is 16.8. The van der Waals surface area contributed by atoms with Crippen molar-refractivity contribution in [3.05, 3.63) is 35.9 Å². The second-order valence-corrected chi connectivity index (χ2v) is 6.80. The molecule has 2 aliphatic heterocycles. The second kappa shape index (κ2) is 9.79. The van der Waals surface area contributed by atoms with Crippen LogP contribution in [0.15, 0.2) is 35.5 Å². The van der Waals surface area contributed by atoms with Gasteiger partial charge in [0.1, 0.15) is 18.3 Å². The summed E-state index contributed by atoms with van der Waals surface area (Å²) in [5, 5.41) is 3.55. The summed E-state index contributed by atoms with van der Waals surface area (Å²) in [6.45, 7) is 3.78. The number of carbonyl (C=O) groups is 3. The fourth-order valence-corrected chi connectivity index (χ4v) is 3.33. The number of benzene rings is 1. The van der Waals surface area contributed by atoms with E-state index < -0.39 is 54.7 Å². The molecule has 10 nitrogen and oxygen atoms in total.